The minimum absolute atomic E-state index is 0.370. The fourth-order valence-corrected chi connectivity index (χ4v) is 2.52. The molecule has 5 nitrogen and oxygen atoms in total. The number of nitrogens with zero attached hydrogens (tertiary/aromatic N) is 3. The van der Waals surface area contributed by atoms with Crippen molar-refractivity contribution in [2.75, 3.05) is 5.43 Å². The summed E-state index contributed by atoms with van der Waals surface area (Å²) in [6, 6.07) is 2.24. The topological polar surface area (TPSA) is 76.7 Å². The van der Waals surface area contributed by atoms with Gasteiger partial charge in [-0.15, -0.1) is 0 Å². The smallest absolute Gasteiger partial charge is 0.307 e. The Labute approximate surface area is 124 Å². The first kappa shape index (κ1) is 15.0. The summed E-state index contributed by atoms with van der Waals surface area (Å²) in [4.78, 5) is 11.6. The van der Waals surface area contributed by atoms with Gasteiger partial charge in [-0.2, -0.15) is 13.2 Å². The van der Waals surface area contributed by atoms with Crippen molar-refractivity contribution in [1.29, 1.82) is 0 Å². The first-order valence-electron chi connectivity index (χ1n) is 5.10. The summed E-state index contributed by atoms with van der Waals surface area (Å²) in [7, 11) is 0. The molecule has 0 atom stereocenters. The molecule has 10 heteroatoms. The molecule has 2 aromatic heterocycles. The molecular weight excluding hydrogens is 359 g/mol. The number of nitrogens with two attached hydrogens (primary N) is 1. The van der Waals surface area contributed by atoms with E-state index >= 15 is 0 Å². The molecule has 0 aliphatic carbocycles. The summed E-state index contributed by atoms with van der Waals surface area (Å²) < 4.78 is 37.7. The molecule has 0 radical (unpaired) electrons. The SMILES string of the molecule is NNc1ncnc(Sc2ccc(C(F)(F)F)cn2)c1Br. The van der Waals surface area contributed by atoms with Gasteiger partial charge in [0, 0.05) is 6.20 Å². The third kappa shape index (κ3) is 3.38. The van der Waals surface area contributed by atoms with Crippen molar-refractivity contribution in [3.8, 4) is 0 Å². The highest BCUT2D eigenvalue weighted by Gasteiger charge is 2.30. The van der Waals surface area contributed by atoms with Crippen molar-refractivity contribution in [1.82, 2.24) is 15.0 Å². The molecule has 20 heavy (non-hydrogen) atoms. The molecule has 0 aliphatic heterocycles. The lowest BCUT2D eigenvalue weighted by atomic mass is 10.3. The third-order valence-corrected chi connectivity index (χ3v) is 4.13. The highest BCUT2D eigenvalue weighted by molar-refractivity contribution is 9.10. The molecule has 0 spiro atoms. The molecule has 0 saturated carbocycles. The number of alkyl halides is 3. The van der Waals surface area contributed by atoms with Crippen molar-refractivity contribution in [3.63, 3.8) is 0 Å². The van der Waals surface area contributed by atoms with Gasteiger partial charge in [0.1, 0.15) is 16.4 Å². The minimum Gasteiger partial charge on any atom is -0.307 e. The lowest BCUT2D eigenvalue weighted by molar-refractivity contribution is -0.137. The van der Waals surface area contributed by atoms with Crippen LogP contribution in [0, 0.1) is 0 Å². The molecule has 0 fully saturated rings. The molecule has 0 amide bonds. The molecule has 0 aliphatic rings. The van der Waals surface area contributed by atoms with Crippen molar-refractivity contribution in [2.24, 2.45) is 5.84 Å². The minimum atomic E-state index is -4.40. The van der Waals surface area contributed by atoms with E-state index in [4.69, 9.17) is 5.84 Å². The molecule has 2 aromatic rings. The van der Waals surface area contributed by atoms with Gasteiger partial charge < -0.3 is 5.43 Å². The van der Waals surface area contributed by atoms with Gasteiger partial charge in [-0.3, -0.25) is 0 Å². The molecule has 106 valence electrons. The summed E-state index contributed by atoms with van der Waals surface area (Å²) in [5.74, 6) is 5.63. The van der Waals surface area contributed by atoms with Crippen LogP contribution in [-0.2, 0) is 6.18 Å². The van der Waals surface area contributed by atoms with E-state index in [0.717, 1.165) is 24.0 Å². The van der Waals surface area contributed by atoms with Crippen LogP contribution in [-0.4, -0.2) is 15.0 Å². The quantitative estimate of drug-likeness (QED) is 0.494. The Hall–Kier alpha value is -1.39. The number of hydrazine groups is 1. The summed E-state index contributed by atoms with van der Waals surface area (Å²) in [6.07, 6.45) is -2.34. The highest BCUT2D eigenvalue weighted by atomic mass is 79.9. The van der Waals surface area contributed by atoms with Crippen molar-refractivity contribution in [3.05, 3.63) is 34.7 Å². The van der Waals surface area contributed by atoms with Gasteiger partial charge in [0.05, 0.1) is 10.0 Å². The lowest BCUT2D eigenvalue weighted by Crippen LogP contribution is -2.09. The predicted molar refractivity (Wildman–Crippen MR) is 70.9 cm³/mol. The summed E-state index contributed by atoms with van der Waals surface area (Å²) in [6.45, 7) is 0. The zero-order chi connectivity index (χ0) is 14.8. The first-order valence-corrected chi connectivity index (χ1v) is 6.71. The fraction of sp³-hybridized carbons (Fsp3) is 0.100. The van der Waals surface area contributed by atoms with Crippen LogP contribution < -0.4 is 11.3 Å². The van der Waals surface area contributed by atoms with E-state index in [-0.39, 0.29) is 0 Å². The van der Waals surface area contributed by atoms with Crippen LogP contribution in [0.2, 0.25) is 0 Å². The monoisotopic (exact) mass is 365 g/mol. The van der Waals surface area contributed by atoms with Gasteiger partial charge in [-0.25, -0.2) is 20.8 Å². The Balaban J connectivity index is 2.23. The van der Waals surface area contributed by atoms with E-state index in [1.54, 1.807) is 0 Å². The molecule has 0 unspecified atom stereocenters. The van der Waals surface area contributed by atoms with E-state index in [0.29, 0.717) is 20.3 Å². The molecular formula is C10H7BrF3N5S. The zero-order valence-corrected chi connectivity index (χ0v) is 12.1. The average Bonchev–Trinajstić information content (AvgIpc) is 2.41. The van der Waals surface area contributed by atoms with Crippen molar-refractivity contribution in [2.45, 2.75) is 16.2 Å². The van der Waals surface area contributed by atoms with Gasteiger partial charge >= 0.3 is 6.18 Å². The molecule has 0 bridgehead atoms. The Kier molecular flexibility index (Phi) is 4.45. The number of nitrogen functional groups attached to an aromatic ring is 1. The molecule has 3 N–H and O–H groups in total. The zero-order valence-electron chi connectivity index (χ0n) is 9.65. The lowest BCUT2D eigenvalue weighted by Gasteiger charge is -2.08. The van der Waals surface area contributed by atoms with E-state index in [2.05, 4.69) is 36.3 Å². The van der Waals surface area contributed by atoms with Crippen LogP contribution in [0.5, 0.6) is 0 Å². The first-order chi connectivity index (χ1) is 9.41. The maximum absolute atomic E-state index is 12.4. The Bertz CT molecular complexity index is 605. The fourth-order valence-electron chi connectivity index (χ4n) is 1.23. The number of pyridine rings is 1. The Morgan fingerprint density at radius 2 is 1.95 bits per heavy atom. The normalized spacial score (nSPS) is 11.4. The maximum Gasteiger partial charge on any atom is 0.417 e. The second kappa shape index (κ2) is 5.94. The summed E-state index contributed by atoms with van der Waals surface area (Å²) in [5.41, 5.74) is 1.57. The van der Waals surface area contributed by atoms with E-state index < -0.39 is 11.7 Å². The standard InChI is InChI=1S/C10H7BrF3N5S/c11-7-8(19-15)17-4-18-9(7)20-6-2-1-5(3-16-6)10(12,13)14/h1-4H,15H2,(H,17,18,19). The maximum atomic E-state index is 12.4. The summed E-state index contributed by atoms with van der Waals surface area (Å²) in [5, 5.41) is 0.862. The van der Waals surface area contributed by atoms with Crippen LogP contribution >= 0.6 is 27.7 Å². The highest BCUT2D eigenvalue weighted by Crippen LogP contribution is 2.35. The van der Waals surface area contributed by atoms with Crippen molar-refractivity contribution >= 4 is 33.5 Å². The number of halogens is 4. The number of nitrogens with one attached hydrogen (secondary N) is 1. The molecule has 2 heterocycles. The van der Waals surface area contributed by atoms with Gasteiger partial charge in [0.25, 0.3) is 0 Å². The van der Waals surface area contributed by atoms with Crippen LogP contribution in [0.4, 0.5) is 19.0 Å². The van der Waals surface area contributed by atoms with E-state index in [9.17, 15) is 13.2 Å². The number of hydrogen-bond acceptors (Lipinski definition) is 6. The number of rotatable bonds is 3. The Morgan fingerprint density at radius 1 is 1.20 bits per heavy atom. The number of hydrogen-bond donors (Lipinski definition) is 2. The molecule has 0 saturated heterocycles. The predicted octanol–water partition coefficient (Wildman–Crippen LogP) is 3.09. The number of aromatic nitrogens is 3. The second-order valence-corrected chi connectivity index (χ2v) is 5.27. The van der Waals surface area contributed by atoms with Gasteiger partial charge in [0.2, 0.25) is 0 Å². The van der Waals surface area contributed by atoms with Gasteiger partial charge in [-0.05, 0) is 39.8 Å². The summed E-state index contributed by atoms with van der Waals surface area (Å²) >= 11 is 4.34. The average molecular weight is 366 g/mol. The van der Waals surface area contributed by atoms with Crippen molar-refractivity contribution < 1.29 is 13.2 Å². The van der Waals surface area contributed by atoms with Crippen LogP contribution in [0.25, 0.3) is 0 Å². The van der Waals surface area contributed by atoms with Crippen LogP contribution in [0.1, 0.15) is 5.56 Å². The van der Waals surface area contributed by atoms with E-state index in [1.165, 1.54) is 12.4 Å². The molecule has 2 rings (SSSR count). The third-order valence-electron chi connectivity index (χ3n) is 2.16. The van der Waals surface area contributed by atoms with Gasteiger partial charge in [-0.1, -0.05) is 0 Å². The van der Waals surface area contributed by atoms with Crippen LogP contribution in [0.15, 0.2) is 39.2 Å². The molecule has 0 aromatic carbocycles. The second-order valence-electron chi connectivity index (χ2n) is 3.47. The number of anilines is 1. The van der Waals surface area contributed by atoms with E-state index in [1.807, 2.05) is 0 Å². The Morgan fingerprint density at radius 3 is 2.50 bits per heavy atom. The van der Waals surface area contributed by atoms with Crippen LogP contribution in [0.3, 0.4) is 0 Å². The largest absolute Gasteiger partial charge is 0.417 e. The van der Waals surface area contributed by atoms with Gasteiger partial charge in [0.15, 0.2) is 5.82 Å².